The van der Waals surface area contributed by atoms with Crippen LogP contribution in [0.4, 0.5) is 5.13 Å². The van der Waals surface area contributed by atoms with Crippen molar-refractivity contribution < 1.29 is 4.74 Å². The molecule has 0 radical (unpaired) electrons. The predicted octanol–water partition coefficient (Wildman–Crippen LogP) is 2.31. The first-order valence-electron chi connectivity index (χ1n) is 7.40. The Kier molecular flexibility index (Phi) is 5.20. The van der Waals surface area contributed by atoms with Crippen LogP contribution in [-0.2, 0) is 11.3 Å². The minimum atomic E-state index is 0.735. The van der Waals surface area contributed by atoms with Crippen molar-refractivity contribution in [2.24, 2.45) is 0 Å². The topological polar surface area (TPSA) is 37.4 Å². The van der Waals surface area contributed by atoms with Crippen LogP contribution in [0.15, 0.2) is 0 Å². The second-order valence-corrected chi connectivity index (χ2v) is 7.63. The minimum absolute atomic E-state index is 0.735. The zero-order chi connectivity index (χ0) is 13.8. The Balaban J connectivity index is 1.65. The number of thioether (sulfide) groups is 1. The summed E-state index contributed by atoms with van der Waals surface area (Å²) in [7, 11) is 1.75. The first-order chi connectivity index (χ1) is 9.88. The molecule has 0 bridgehead atoms. The molecular formula is C14H23N3OS2. The molecule has 1 aliphatic carbocycles. The number of hydrogen-bond acceptors (Lipinski definition) is 6. The van der Waals surface area contributed by atoms with E-state index in [0.29, 0.717) is 0 Å². The second-order valence-electron chi connectivity index (χ2n) is 5.35. The van der Waals surface area contributed by atoms with E-state index in [4.69, 9.17) is 9.72 Å². The van der Waals surface area contributed by atoms with Gasteiger partial charge in [-0.05, 0) is 12.8 Å². The Hall–Kier alpha value is -0.300. The molecule has 0 spiro atoms. The van der Waals surface area contributed by atoms with Gasteiger partial charge in [-0.15, -0.1) is 11.3 Å². The van der Waals surface area contributed by atoms with E-state index < -0.39 is 0 Å². The van der Waals surface area contributed by atoms with Gasteiger partial charge in [0.25, 0.3) is 0 Å². The molecule has 0 unspecified atom stereocenters. The largest absolute Gasteiger partial charge is 0.383 e. The van der Waals surface area contributed by atoms with Gasteiger partial charge in [0.15, 0.2) is 5.13 Å². The van der Waals surface area contributed by atoms with Crippen molar-refractivity contribution in [1.82, 2.24) is 10.3 Å². The van der Waals surface area contributed by atoms with Gasteiger partial charge in [-0.25, -0.2) is 4.98 Å². The van der Waals surface area contributed by atoms with Gasteiger partial charge >= 0.3 is 0 Å². The van der Waals surface area contributed by atoms with Crippen LogP contribution in [0.3, 0.4) is 0 Å². The Morgan fingerprint density at radius 3 is 2.85 bits per heavy atom. The Morgan fingerprint density at radius 2 is 2.15 bits per heavy atom. The lowest BCUT2D eigenvalue weighted by Crippen LogP contribution is -2.32. The van der Waals surface area contributed by atoms with Crippen LogP contribution in [0, 0.1) is 0 Å². The molecule has 1 N–H and O–H groups in total. The monoisotopic (exact) mass is 313 g/mol. The molecule has 4 nitrogen and oxygen atoms in total. The van der Waals surface area contributed by atoms with Crippen molar-refractivity contribution in [2.45, 2.75) is 25.3 Å². The zero-order valence-corrected chi connectivity index (χ0v) is 13.7. The molecule has 1 aliphatic heterocycles. The van der Waals surface area contributed by atoms with Crippen LogP contribution in [0.5, 0.6) is 0 Å². The first kappa shape index (κ1) is 14.6. The highest BCUT2D eigenvalue weighted by Crippen LogP contribution is 2.44. The summed E-state index contributed by atoms with van der Waals surface area (Å²) >= 11 is 3.95. The van der Waals surface area contributed by atoms with Gasteiger partial charge < -0.3 is 15.0 Å². The molecule has 2 aliphatic rings. The molecule has 0 atom stereocenters. The average Bonchev–Trinajstić information content (AvgIpc) is 3.25. The van der Waals surface area contributed by atoms with Crippen molar-refractivity contribution >= 4 is 28.2 Å². The van der Waals surface area contributed by atoms with Crippen molar-refractivity contribution in [3.8, 4) is 0 Å². The fourth-order valence-electron chi connectivity index (χ4n) is 2.42. The van der Waals surface area contributed by atoms with Gasteiger partial charge in [0.1, 0.15) is 0 Å². The van der Waals surface area contributed by atoms with Crippen LogP contribution in [0.2, 0.25) is 0 Å². The second kappa shape index (κ2) is 7.11. The molecule has 0 amide bonds. The van der Waals surface area contributed by atoms with Crippen LogP contribution in [0.1, 0.15) is 29.3 Å². The molecule has 2 heterocycles. The lowest BCUT2D eigenvalue weighted by atomic mass is 10.2. The molecule has 6 heteroatoms. The maximum absolute atomic E-state index is 5.08. The Labute approximate surface area is 129 Å². The summed E-state index contributed by atoms with van der Waals surface area (Å²) in [6.07, 6.45) is 2.65. The van der Waals surface area contributed by atoms with E-state index in [1.54, 1.807) is 7.11 Å². The van der Waals surface area contributed by atoms with Crippen molar-refractivity contribution in [1.29, 1.82) is 0 Å². The highest BCUT2D eigenvalue weighted by atomic mass is 32.2. The normalized spacial score (nSPS) is 19.6. The Morgan fingerprint density at radius 1 is 1.35 bits per heavy atom. The van der Waals surface area contributed by atoms with E-state index in [-0.39, 0.29) is 0 Å². The maximum atomic E-state index is 5.08. The van der Waals surface area contributed by atoms with Crippen molar-refractivity contribution in [3.05, 3.63) is 10.6 Å². The quantitative estimate of drug-likeness (QED) is 0.782. The molecule has 2 fully saturated rings. The van der Waals surface area contributed by atoms with Gasteiger partial charge in [-0.2, -0.15) is 11.8 Å². The third kappa shape index (κ3) is 3.67. The summed E-state index contributed by atoms with van der Waals surface area (Å²) < 4.78 is 5.08. The van der Waals surface area contributed by atoms with Crippen molar-refractivity contribution in [3.63, 3.8) is 0 Å². The number of ether oxygens (including phenoxy) is 1. The van der Waals surface area contributed by atoms with Crippen LogP contribution < -0.4 is 10.2 Å². The average molecular weight is 313 g/mol. The summed E-state index contributed by atoms with van der Waals surface area (Å²) in [6, 6.07) is 0. The van der Waals surface area contributed by atoms with Crippen LogP contribution >= 0.6 is 23.1 Å². The summed E-state index contributed by atoms with van der Waals surface area (Å²) in [6.45, 7) is 4.93. The number of thiazole rings is 1. The number of nitrogens with one attached hydrogen (secondary N) is 1. The van der Waals surface area contributed by atoms with Crippen molar-refractivity contribution in [2.75, 3.05) is 49.8 Å². The summed E-state index contributed by atoms with van der Waals surface area (Å²) in [4.78, 5) is 8.86. The first-order valence-corrected chi connectivity index (χ1v) is 9.37. The standard InChI is InChI=1S/C14H23N3OS2/c1-18-7-4-15-10-12-13(11-2-3-11)16-14(20-12)17-5-8-19-9-6-17/h11,15H,2-10H2,1H3. The number of rotatable bonds is 7. The SMILES string of the molecule is COCCNCc1sc(N2CCSCC2)nc1C1CC1. The lowest BCUT2D eigenvalue weighted by Gasteiger charge is -2.25. The highest BCUT2D eigenvalue weighted by Gasteiger charge is 2.30. The Bertz CT molecular complexity index is 428. The van der Waals surface area contributed by atoms with E-state index >= 15 is 0 Å². The van der Waals surface area contributed by atoms with Crippen LogP contribution in [0.25, 0.3) is 0 Å². The fourth-order valence-corrected chi connectivity index (χ4v) is 4.49. The number of anilines is 1. The fraction of sp³-hybridized carbons (Fsp3) is 0.786. The number of nitrogens with zero attached hydrogens (tertiary/aromatic N) is 2. The third-order valence-electron chi connectivity index (χ3n) is 3.73. The number of methoxy groups -OCH3 is 1. The maximum Gasteiger partial charge on any atom is 0.185 e. The third-order valence-corrected chi connectivity index (χ3v) is 5.80. The minimum Gasteiger partial charge on any atom is -0.383 e. The molecular weight excluding hydrogens is 290 g/mol. The predicted molar refractivity (Wildman–Crippen MR) is 87.2 cm³/mol. The molecule has 1 saturated carbocycles. The number of hydrogen-bond donors (Lipinski definition) is 1. The van der Waals surface area contributed by atoms with Gasteiger partial charge in [-0.3, -0.25) is 0 Å². The molecule has 1 aromatic heterocycles. The molecule has 20 heavy (non-hydrogen) atoms. The van der Waals surface area contributed by atoms with Crippen LogP contribution in [-0.4, -0.2) is 49.8 Å². The van der Waals surface area contributed by atoms with Gasteiger partial charge in [0.05, 0.1) is 12.3 Å². The molecule has 0 aromatic carbocycles. The highest BCUT2D eigenvalue weighted by molar-refractivity contribution is 7.99. The van der Waals surface area contributed by atoms with E-state index in [1.165, 1.54) is 40.0 Å². The lowest BCUT2D eigenvalue weighted by molar-refractivity contribution is 0.199. The molecule has 1 saturated heterocycles. The van der Waals surface area contributed by atoms with E-state index in [0.717, 1.165) is 38.7 Å². The summed E-state index contributed by atoms with van der Waals surface area (Å²) in [5.41, 5.74) is 1.37. The van der Waals surface area contributed by atoms with Gasteiger partial charge in [0, 0.05) is 55.6 Å². The zero-order valence-electron chi connectivity index (χ0n) is 12.1. The van der Waals surface area contributed by atoms with Gasteiger partial charge in [-0.1, -0.05) is 0 Å². The smallest absolute Gasteiger partial charge is 0.185 e. The molecule has 1 aromatic rings. The number of aromatic nitrogens is 1. The molecule has 3 rings (SSSR count). The van der Waals surface area contributed by atoms with E-state index in [9.17, 15) is 0 Å². The summed E-state index contributed by atoms with van der Waals surface area (Å²) in [5, 5.41) is 4.71. The summed E-state index contributed by atoms with van der Waals surface area (Å²) in [5.74, 6) is 3.21. The van der Waals surface area contributed by atoms with E-state index in [2.05, 4.69) is 22.0 Å². The van der Waals surface area contributed by atoms with Gasteiger partial charge in [0.2, 0.25) is 0 Å². The van der Waals surface area contributed by atoms with E-state index in [1.807, 2.05) is 11.3 Å². The molecule has 112 valence electrons.